The number of nitrogens with zero attached hydrogens (tertiary/aromatic N) is 2. The molecule has 0 radical (unpaired) electrons. The number of hydrogen-bond acceptors (Lipinski definition) is 7. The summed E-state index contributed by atoms with van der Waals surface area (Å²) in [4.78, 5) is 18.7. The third-order valence-corrected chi connectivity index (χ3v) is 6.09. The Morgan fingerprint density at radius 1 is 1.06 bits per heavy atom. The van der Waals surface area contributed by atoms with Gasteiger partial charge in [0.25, 0.3) is 5.91 Å². The van der Waals surface area contributed by atoms with Crippen LogP contribution in [0.2, 0.25) is 0 Å². The fourth-order valence-electron chi connectivity index (χ4n) is 3.89. The van der Waals surface area contributed by atoms with Gasteiger partial charge in [-0.05, 0) is 32.3 Å². The Morgan fingerprint density at radius 2 is 1.69 bits per heavy atom. The molecule has 2 aromatic rings. The van der Waals surface area contributed by atoms with E-state index in [0.29, 0.717) is 6.61 Å². The summed E-state index contributed by atoms with van der Waals surface area (Å²) in [6, 6.07) is 20.6. The minimum absolute atomic E-state index is 0.0703. The first-order chi connectivity index (χ1) is 16.7. The smallest absolute Gasteiger partial charge is 0.259 e. The van der Waals surface area contributed by atoms with Gasteiger partial charge in [0.1, 0.15) is 12.8 Å². The van der Waals surface area contributed by atoms with Gasteiger partial charge < -0.3 is 10.1 Å². The summed E-state index contributed by atoms with van der Waals surface area (Å²) in [5.74, 6) is -0.659. The maximum absolute atomic E-state index is 11.5. The van der Waals surface area contributed by atoms with Gasteiger partial charge in [-0.3, -0.25) is 19.4 Å². The lowest BCUT2D eigenvalue weighted by Crippen LogP contribution is -2.51. The molecule has 1 amide bonds. The lowest BCUT2D eigenvalue weighted by atomic mass is 10.0. The number of nitrogens with one attached hydrogen (secondary N) is 2. The van der Waals surface area contributed by atoms with Gasteiger partial charge in [0, 0.05) is 31.0 Å². The number of amides is 1. The van der Waals surface area contributed by atoms with E-state index in [9.17, 15) is 13.2 Å². The number of rotatable bonds is 12. The quantitative estimate of drug-likeness (QED) is 0.436. The first-order valence-corrected chi connectivity index (χ1v) is 13.6. The Balaban J connectivity index is 1.61. The summed E-state index contributed by atoms with van der Waals surface area (Å²) < 4.78 is 29.4. The molecule has 0 fully saturated rings. The number of carbonyl (C=O) groups excluding carboxylic acids is 1. The predicted octanol–water partition coefficient (Wildman–Crippen LogP) is 3.10. The molecule has 1 aliphatic heterocycles. The van der Waals surface area contributed by atoms with Crippen LogP contribution in [0.1, 0.15) is 37.8 Å². The minimum atomic E-state index is -3.56. The molecule has 8 nitrogen and oxygen atoms in total. The third-order valence-electron chi connectivity index (χ3n) is 5.49. The molecule has 1 unspecified atom stereocenters. The van der Waals surface area contributed by atoms with Gasteiger partial charge in [-0.15, -0.1) is 0 Å². The average molecular weight is 499 g/mol. The van der Waals surface area contributed by atoms with E-state index in [1.54, 1.807) is 0 Å². The van der Waals surface area contributed by atoms with Crippen molar-refractivity contribution < 1.29 is 17.9 Å². The largest absolute Gasteiger partial charge is 0.372 e. The Hall–Kier alpha value is -3.01. The topological polar surface area (TPSA) is 100 Å². The van der Waals surface area contributed by atoms with Crippen LogP contribution in [-0.4, -0.2) is 63.7 Å². The molecule has 3 rings (SSSR count). The van der Waals surface area contributed by atoms with Gasteiger partial charge in [-0.1, -0.05) is 60.7 Å². The summed E-state index contributed by atoms with van der Waals surface area (Å²) in [5.41, 5.74) is 4.05. The molecule has 1 aliphatic rings. The highest BCUT2D eigenvalue weighted by Crippen LogP contribution is 2.29. The zero-order valence-corrected chi connectivity index (χ0v) is 21.3. The SMILES string of the molecule is CC(C)N(CCCCOCC(=O)NS(C)(=O)=O)C1C=NC(c2ccccc2)=C(c2ccccc2)N1. The molecule has 0 spiro atoms. The third kappa shape index (κ3) is 8.31. The molecule has 35 heavy (non-hydrogen) atoms. The molecule has 9 heteroatoms. The minimum Gasteiger partial charge on any atom is -0.372 e. The standard InChI is InChI=1S/C26H34N4O4S/c1-20(2)30(16-10-11-17-34-19-24(31)29-35(3,32)33)23-18-27-25(21-12-6-4-7-13-21)26(28-23)22-14-8-5-9-15-22/h4-9,12-15,18,20,23,28H,10-11,16-17,19H2,1-3H3,(H,29,31). The van der Waals surface area contributed by atoms with Crippen molar-refractivity contribution in [2.75, 3.05) is 26.0 Å². The fourth-order valence-corrected chi connectivity index (χ4v) is 4.36. The Labute approximate surface area is 208 Å². The van der Waals surface area contributed by atoms with Gasteiger partial charge >= 0.3 is 0 Å². The van der Waals surface area contributed by atoms with Crippen LogP contribution in [-0.2, 0) is 19.6 Å². The summed E-state index contributed by atoms with van der Waals surface area (Å²) in [6.07, 6.45) is 4.43. The molecule has 0 saturated heterocycles. The van der Waals surface area contributed by atoms with Crippen LogP contribution >= 0.6 is 0 Å². The molecule has 188 valence electrons. The Bertz CT molecular complexity index is 1130. The van der Waals surface area contributed by atoms with E-state index in [-0.39, 0.29) is 18.8 Å². The molecule has 0 aromatic heterocycles. The van der Waals surface area contributed by atoms with Crippen molar-refractivity contribution in [2.45, 2.75) is 38.9 Å². The van der Waals surface area contributed by atoms with E-state index in [0.717, 1.165) is 48.2 Å². The number of ether oxygens (including phenoxy) is 1. The van der Waals surface area contributed by atoms with Crippen LogP contribution in [0, 0.1) is 0 Å². The van der Waals surface area contributed by atoms with Crippen LogP contribution in [0.5, 0.6) is 0 Å². The average Bonchev–Trinajstić information content (AvgIpc) is 2.83. The van der Waals surface area contributed by atoms with Crippen molar-refractivity contribution in [1.29, 1.82) is 0 Å². The highest BCUT2D eigenvalue weighted by Gasteiger charge is 2.25. The maximum atomic E-state index is 11.5. The summed E-state index contributed by atoms with van der Waals surface area (Å²) in [5, 5.41) is 3.70. The molecule has 0 saturated carbocycles. The molecular formula is C26H34N4O4S. The monoisotopic (exact) mass is 498 g/mol. The lowest BCUT2D eigenvalue weighted by molar-refractivity contribution is -0.123. The molecule has 2 N–H and O–H groups in total. The predicted molar refractivity (Wildman–Crippen MR) is 140 cm³/mol. The second-order valence-corrected chi connectivity index (χ2v) is 10.5. The van der Waals surface area contributed by atoms with E-state index >= 15 is 0 Å². The maximum Gasteiger partial charge on any atom is 0.259 e. The summed E-state index contributed by atoms with van der Waals surface area (Å²) in [6.45, 7) is 5.22. The highest BCUT2D eigenvalue weighted by molar-refractivity contribution is 7.89. The number of sulfonamides is 1. The van der Waals surface area contributed by atoms with E-state index < -0.39 is 15.9 Å². The molecule has 0 aliphatic carbocycles. The van der Waals surface area contributed by atoms with Crippen LogP contribution in [0.15, 0.2) is 65.7 Å². The number of benzene rings is 2. The van der Waals surface area contributed by atoms with Crippen molar-refractivity contribution >= 4 is 33.5 Å². The molecule has 1 heterocycles. The normalized spacial score (nSPS) is 16.0. The number of unbranched alkanes of at least 4 members (excludes halogenated alkanes) is 1. The number of aliphatic imine (C=N–C) groups is 1. The van der Waals surface area contributed by atoms with E-state index in [1.165, 1.54) is 0 Å². The Kier molecular flexibility index (Phi) is 9.59. The van der Waals surface area contributed by atoms with Crippen LogP contribution in [0.3, 0.4) is 0 Å². The van der Waals surface area contributed by atoms with E-state index in [1.807, 2.05) is 47.3 Å². The Morgan fingerprint density at radius 3 is 2.29 bits per heavy atom. The second kappa shape index (κ2) is 12.6. The molecule has 1 atom stereocenters. The van der Waals surface area contributed by atoms with Crippen molar-refractivity contribution in [3.05, 3.63) is 71.8 Å². The van der Waals surface area contributed by atoms with E-state index in [2.05, 4.69) is 48.3 Å². The van der Waals surface area contributed by atoms with E-state index in [4.69, 9.17) is 9.73 Å². The lowest BCUT2D eigenvalue weighted by Gasteiger charge is -2.36. The van der Waals surface area contributed by atoms with Gasteiger partial charge in [0.05, 0.1) is 17.6 Å². The summed E-state index contributed by atoms with van der Waals surface area (Å²) >= 11 is 0. The first kappa shape index (κ1) is 26.6. The summed E-state index contributed by atoms with van der Waals surface area (Å²) in [7, 11) is -3.56. The van der Waals surface area contributed by atoms with Crippen LogP contribution in [0.25, 0.3) is 11.4 Å². The molecule has 0 bridgehead atoms. The van der Waals surface area contributed by atoms with Crippen molar-refractivity contribution in [2.24, 2.45) is 4.99 Å². The van der Waals surface area contributed by atoms with Gasteiger partial charge in [-0.25, -0.2) is 8.42 Å². The van der Waals surface area contributed by atoms with Crippen molar-refractivity contribution in [3.8, 4) is 0 Å². The fraction of sp³-hybridized carbons (Fsp3) is 0.385. The van der Waals surface area contributed by atoms with Gasteiger partial charge in [-0.2, -0.15) is 0 Å². The van der Waals surface area contributed by atoms with Crippen molar-refractivity contribution in [3.63, 3.8) is 0 Å². The van der Waals surface area contributed by atoms with Gasteiger partial charge in [0.15, 0.2) is 0 Å². The first-order valence-electron chi connectivity index (χ1n) is 11.7. The number of carbonyl (C=O) groups is 1. The molecular weight excluding hydrogens is 464 g/mol. The molecule has 2 aromatic carbocycles. The van der Waals surface area contributed by atoms with Crippen LogP contribution in [0.4, 0.5) is 0 Å². The zero-order chi connectivity index (χ0) is 25.3. The second-order valence-electron chi connectivity index (χ2n) is 8.71. The van der Waals surface area contributed by atoms with Gasteiger partial charge in [0.2, 0.25) is 10.0 Å². The highest BCUT2D eigenvalue weighted by atomic mass is 32.2. The van der Waals surface area contributed by atoms with Crippen molar-refractivity contribution in [1.82, 2.24) is 14.9 Å². The number of hydrogen-bond donors (Lipinski definition) is 2. The van der Waals surface area contributed by atoms with Crippen LogP contribution < -0.4 is 10.0 Å². The zero-order valence-electron chi connectivity index (χ0n) is 20.5.